The van der Waals surface area contributed by atoms with Gasteiger partial charge in [-0.25, -0.2) is 0 Å². The van der Waals surface area contributed by atoms with E-state index in [0.717, 1.165) is 0 Å². The molecule has 0 aromatic heterocycles. The van der Waals surface area contributed by atoms with Gasteiger partial charge in [-0.15, -0.1) is 0 Å². The van der Waals surface area contributed by atoms with E-state index in [1.54, 1.807) is 5.57 Å². The van der Waals surface area contributed by atoms with Crippen molar-refractivity contribution in [1.82, 2.24) is 5.32 Å². The largest absolute Gasteiger partial charge is 0.313 e. The van der Waals surface area contributed by atoms with Crippen molar-refractivity contribution in [3.05, 3.63) is 11.1 Å². The molecule has 1 aliphatic carbocycles. The van der Waals surface area contributed by atoms with E-state index in [-0.39, 0.29) is 0 Å². The molecule has 2 rings (SSSR count). The highest BCUT2D eigenvalue weighted by atomic mass is 14.9. The van der Waals surface area contributed by atoms with Gasteiger partial charge in [-0.1, -0.05) is 24.0 Å². The van der Waals surface area contributed by atoms with E-state index in [4.69, 9.17) is 0 Å². The first-order valence-electron chi connectivity index (χ1n) is 5.87. The lowest BCUT2D eigenvalue weighted by atomic mass is 9.95. The van der Waals surface area contributed by atoms with Crippen molar-refractivity contribution < 1.29 is 0 Å². The van der Waals surface area contributed by atoms with E-state index in [1.165, 1.54) is 64.5 Å². The van der Waals surface area contributed by atoms with Gasteiger partial charge >= 0.3 is 0 Å². The zero-order chi connectivity index (χ0) is 8.93. The maximum Gasteiger partial charge on any atom is 0.0167 e. The molecule has 1 heteroatoms. The Balaban J connectivity index is 2.00. The predicted octanol–water partition coefficient (Wildman–Crippen LogP) is 3.02. The van der Waals surface area contributed by atoms with Gasteiger partial charge in [0.2, 0.25) is 0 Å². The van der Waals surface area contributed by atoms with Crippen LogP contribution in [0.2, 0.25) is 0 Å². The average molecular weight is 179 g/mol. The van der Waals surface area contributed by atoms with Crippen LogP contribution in [0.4, 0.5) is 0 Å². The molecule has 1 N–H and O–H groups in total. The van der Waals surface area contributed by atoms with E-state index >= 15 is 0 Å². The lowest BCUT2D eigenvalue weighted by Crippen LogP contribution is -2.24. The Morgan fingerprint density at radius 3 is 2.00 bits per heavy atom. The molecule has 0 unspecified atom stereocenters. The summed E-state index contributed by atoms with van der Waals surface area (Å²) in [5, 5.41) is 3.49. The van der Waals surface area contributed by atoms with Crippen LogP contribution in [-0.2, 0) is 0 Å². The van der Waals surface area contributed by atoms with Crippen molar-refractivity contribution in [1.29, 1.82) is 0 Å². The van der Waals surface area contributed by atoms with Crippen molar-refractivity contribution in [3.8, 4) is 0 Å². The third kappa shape index (κ3) is 2.57. The molecular formula is C12H21N. The molecule has 0 atom stereocenters. The van der Waals surface area contributed by atoms with Gasteiger partial charge in [-0.2, -0.15) is 0 Å². The summed E-state index contributed by atoms with van der Waals surface area (Å²) in [6.07, 6.45) is 11.3. The maximum absolute atomic E-state index is 3.49. The van der Waals surface area contributed by atoms with Crippen molar-refractivity contribution in [3.63, 3.8) is 0 Å². The molecule has 1 nitrogen and oxygen atoms in total. The summed E-state index contributed by atoms with van der Waals surface area (Å²) in [5.41, 5.74) is 3.57. The van der Waals surface area contributed by atoms with Gasteiger partial charge in [0.1, 0.15) is 0 Å². The number of hydrogen-bond donors (Lipinski definition) is 1. The van der Waals surface area contributed by atoms with E-state index in [1.807, 2.05) is 5.57 Å². The fourth-order valence-electron chi connectivity index (χ4n) is 2.57. The molecule has 1 aliphatic heterocycles. The molecule has 74 valence electrons. The van der Waals surface area contributed by atoms with E-state index in [2.05, 4.69) is 5.32 Å². The molecule has 0 bridgehead atoms. The molecule has 2 fully saturated rings. The molecule has 0 amide bonds. The second kappa shape index (κ2) is 4.80. The molecule has 0 aromatic carbocycles. The van der Waals surface area contributed by atoms with Crippen molar-refractivity contribution >= 4 is 0 Å². The zero-order valence-corrected chi connectivity index (χ0v) is 8.57. The van der Waals surface area contributed by atoms with Crippen molar-refractivity contribution in [2.75, 3.05) is 13.1 Å². The Bertz CT molecular complexity index is 175. The average Bonchev–Trinajstić information content (AvgIpc) is 2.47. The van der Waals surface area contributed by atoms with Crippen LogP contribution < -0.4 is 5.32 Å². The van der Waals surface area contributed by atoms with Crippen LogP contribution in [-0.4, -0.2) is 13.1 Å². The number of piperidine rings is 1. The quantitative estimate of drug-likeness (QED) is 0.445. The lowest BCUT2D eigenvalue weighted by molar-refractivity contribution is 0.596. The second-order valence-corrected chi connectivity index (χ2v) is 4.40. The lowest BCUT2D eigenvalue weighted by Gasteiger charge is -2.19. The van der Waals surface area contributed by atoms with Gasteiger partial charge in [-0.3, -0.25) is 0 Å². The third-order valence-electron chi connectivity index (χ3n) is 3.38. The predicted molar refractivity (Wildman–Crippen MR) is 56.8 cm³/mol. The Labute approximate surface area is 81.6 Å². The van der Waals surface area contributed by atoms with Crippen LogP contribution in [0, 0.1) is 0 Å². The smallest absolute Gasteiger partial charge is 0.0167 e. The van der Waals surface area contributed by atoms with Gasteiger partial charge < -0.3 is 5.32 Å². The number of hydrogen-bond acceptors (Lipinski definition) is 1. The molecule has 0 spiro atoms. The number of nitrogens with one attached hydrogen (secondary N) is 1. The van der Waals surface area contributed by atoms with E-state index in [0.29, 0.717) is 0 Å². The molecule has 1 saturated carbocycles. The normalized spacial score (nSPS) is 25.8. The zero-order valence-electron chi connectivity index (χ0n) is 8.57. The van der Waals surface area contributed by atoms with Gasteiger partial charge in [-0.05, 0) is 45.1 Å². The van der Waals surface area contributed by atoms with Crippen molar-refractivity contribution in [2.45, 2.75) is 51.4 Å². The number of allylic oxidation sites excluding steroid dienone is 1. The molecular weight excluding hydrogens is 158 g/mol. The standard InChI is InChI=1S/C12H21N/c1-2-4-7-11(6-3-1)12-8-5-9-13-10-12/h13H,1-10H2. The Hall–Kier alpha value is -0.300. The first-order valence-corrected chi connectivity index (χ1v) is 5.87. The first kappa shape index (κ1) is 9.26. The highest BCUT2D eigenvalue weighted by Crippen LogP contribution is 2.27. The monoisotopic (exact) mass is 179 g/mol. The van der Waals surface area contributed by atoms with Crippen LogP contribution in [0.3, 0.4) is 0 Å². The summed E-state index contributed by atoms with van der Waals surface area (Å²) in [5.74, 6) is 0. The minimum Gasteiger partial charge on any atom is -0.313 e. The molecule has 1 heterocycles. The minimum atomic E-state index is 1.19. The van der Waals surface area contributed by atoms with Gasteiger partial charge in [0, 0.05) is 6.54 Å². The highest BCUT2D eigenvalue weighted by Gasteiger charge is 2.12. The fourth-order valence-corrected chi connectivity index (χ4v) is 2.57. The Morgan fingerprint density at radius 1 is 0.692 bits per heavy atom. The van der Waals surface area contributed by atoms with Crippen LogP contribution in [0.25, 0.3) is 0 Å². The Morgan fingerprint density at radius 2 is 1.38 bits per heavy atom. The van der Waals surface area contributed by atoms with Crippen LogP contribution >= 0.6 is 0 Å². The topological polar surface area (TPSA) is 12.0 Å². The number of rotatable bonds is 0. The summed E-state index contributed by atoms with van der Waals surface area (Å²) in [7, 11) is 0. The third-order valence-corrected chi connectivity index (χ3v) is 3.38. The van der Waals surface area contributed by atoms with E-state index < -0.39 is 0 Å². The first-order chi connectivity index (χ1) is 6.47. The van der Waals surface area contributed by atoms with Gasteiger partial charge in [0.25, 0.3) is 0 Å². The molecule has 13 heavy (non-hydrogen) atoms. The highest BCUT2D eigenvalue weighted by molar-refractivity contribution is 5.18. The van der Waals surface area contributed by atoms with Crippen LogP contribution in [0.5, 0.6) is 0 Å². The van der Waals surface area contributed by atoms with Crippen LogP contribution in [0.15, 0.2) is 11.1 Å². The van der Waals surface area contributed by atoms with Gasteiger partial charge in [0.15, 0.2) is 0 Å². The maximum atomic E-state index is 3.49. The van der Waals surface area contributed by atoms with E-state index in [9.17, 15) is 0 Å². The molecule has 1 saturated heterocycles. The summed E-state index contributed by atoms with van der Waals surface area (Å²) in [6, 6.07) is 0. The van der Waals surface area contributed by atoms with Crippen molar-refractivity contribution in [2.24, 2.45) is 0 Å². The summed E-state index contributed by atoms with van der Waals surface area (Å²) in [6.45, 7) is 2.42. The van der Waals surface area contributed by atoms with Gasteiger partial charge in [0.05, 0.1) is 0 Å². The second-order valence-electron chi connectivity index (χ2n) is 4.40. The Kier molecular flexibility index (Phi) is 3.42. The summed E-state index contributed by atoms with van der Waals surface area (Å²) in [4.78, 5) is 0. The van der Waals surface area contributed by atoms with Crippen LogP contribution in [0.1, 0.15) is 51.4 Å². The SMILES string of the molecule is C1CCCC(=C2CCCNC2)CC1. The summed E-state index contributed by atoms with van der Waals surface area (Å²) < 4.78 is 0. The molecule has 2 aliphatic rings. The summed E-state index contributed by atoms with van der Waals surface area (Å²) >= 11 is 0. The molecule has 0 aromatic rings. The molecule has 0 radical (unpaired) electrons. The minimum absolute atomic E-state index is 1.19. The fraction of sp³-hybridized carbons (Fsp3) is 0.833.